The van der Waals surface area contributed by atoms with Crippen molar-refractivity contribution in [2.45, 2.75) is 116 Å². The summed E-state index contributed by atoms with van der Waals surface area (Å²) in [7, 11) is -4.07. The second-order valence-corrected chi connectivity index (χ2v) is 10.5. The van der Waals surface area contributed by atoms with Crippen molar-refractivity contribution in [3.05, 3.63) is 29.3 Å². The highest BCUT2D eigenvalue weighted by Gasteiger charge is 2.18. The van der Waals surface area contributed by atoms with E-state index in [1.54, 1.807) is 0 Å². The molecule has 30 heavy (non-hydrogen) atoms. The Morgan fingerprint density at radius 3 is 1.63 bits per heavy atom. The van der Waals surface area contributed by atoms with E-state index in [1.807, 2.05) is 12.1 Å². The number of hydrogen-bond donors (Lipinski definition) is 1. The molecule has 0 aliphatic heterocycles. The first-order chi connectivity index (χ1) is 14.4. The van der Waals surface area contributed by atoms with Crippen molar-refractivity contribution in [1.82, 2.24) is 0 Å². The maximum absolute atomic E-state index is 11.3. The Morgan fingerprint density at radius 2 is 1.20 bits per heavy atom. The second kappa shape index (κ2) is 15.7. The van der Waals surface area contributed by atoms with Crippen molar-refractivity contribution in [2.24, 2.45) is 0 Å². The van der Waals surface area contributed by atoms with Crippen LogP contribution in [0.15, 0.2) is 18.2 Å². The summed E-state index contributed by atoms with van der Waals surface area (Å²) < 4.78 is 37.5. The van der Waals surface area contributed by atoms with Crippen LogP contribution in [0.4, 0.5) is 0 Å². The van der Waals surface area contributed by atoms with Gasteiger partial charge < -0.3 is 4.74 Å². The largest absolute Gasteiger partial charge is 0.492 e. The number of unbranched alkanes of at least 4 members (excludes halogenated alkanes) is 10. The molecule has 0 amide bonds. The highest BCUT2D eigenvalue weighted by atomic mass is 32.2. The Kier molecular flexibility index (Phi) is 14.1. The van der Waals surface area contributed by atoms with Crippen LogP contribution in [0.25, 0.3) is 0 Å². The monoisotopic (exact) mass is 440 g/mol. The molecule has 0 aromatic heterocycles. The topological polar surface area (TPSA) is 63.6 Å². The van der Waals surface area contributed by atoms with Gasteiger partial charge in [-0.25, -0.2) is 0 Å². The van der Waals surface area contributed by atoms with Crippen LogP contribution in [-0.4, -0.2) is 24.8 Å². The normalized spacial score (nSPS) is 12.8. The molecule has 1 rings (SSSR count). The minimum atomic E-state index is -4.07. The third kappa shape index (κ3) is 12.6. The molecule has 4 nitrogen and oxygen atoms in total. The van der Waals surface area contributed by atoms with Gasteiger partial charge in [-0.05, 0) is 55.9 Å². The van der Waals surface area contributed by atoms with Crippen molar-refractivity contribution < 1.29 is 17.7 Å². The lowest BCUT2D eigenvalue weighted by Gasteiger charge is -2.14. The third-order valence-corrected chi connectivity index (χ3v) is 6.81. The molecule has 174 valence electrons. The summed E-state index contributed by atoms with van der Waals surface area (Å²) in [5, 5.41) is -0.929. The molecule has 5 heteroatoms. The van der Waals surface area contributed by atoms with E-state index in [-0.39, 0.29) is 6.61 Å². The molecule has 0 saturated carbocycles. The Bertz CT molecular complexity index is 635. The quantitative estimate of drug-likeness (QED) is 0.194. The molecular weight excluding hydrogens is 396 g/mol. The number of rotatable bonds is 18. The van der Waals surface area contributed by atoms with Gasteiger partial charge in [-0.3, -0.25) is 4.55 Å². The molecule has 1 atom stereocenters. The zero-order valence-electron chi connectivity index (χ0n) is 19.5. The number of ether oxygens (including phenoxy) is 1. The second-order valence-electron chi connectivity index (χ2n) is 8.66. The number of hydrogen-bond acceptors (Lipinski definition) is 3. The zero-order valence-corrected chi connectivity index (χ0v) is 20.3. The van der Waals surface area contributed by atoms with E-state index in [0.29, 0.717) is 0 Å². The summed E-state index contributed by atoms with van der Waals surface area (Å²) in [4.78, 5) is 0. The SMILES string of the molecule is CCCCCCCCc1cc(CCCCCCCC)cc(OCC(C)S(=O)(=O)O)c1. The van der Waals surface area contributed by atoms with Crippen molar-refractivity contribution in [3.63, 3.8) is 0 Å². The Hall–Kier alpha value is -1.07. The van der Waals surface area contributed by atoms with E-state index < -0.39 is 15.4 Å². The molecule has 0 radical (unpaired) electrons. The lowest BCUT2D eigenvalue weighted by molar-refractivity contribution is 0.310. The van der Waals surface area contributed by atoms with Gasteiger partial charge in [0.2, 0.25) is 0 Å². The van der Waals surface area contributed by atoms with Gasteiger partial charge in [0.05, 0.1) is 0 Å². The van der Waals surface area contributed by atoms with Gasteiger partial charge in [-0.15, -0.1) is 0 Å². The Labute approximate surface area is 185 Å². The summed E-state index contributed by atoms with van der Waals surface area (Å²) in [6.45, 7) is 5.90. The van der Waals surface area contributed by atoms with Crippen LogP contribution in [0.1, 0.15) is 109 Å². The lowest BCUT2D eigenvalue weighted by Crippen LogP contribution is -2.24. The average molecular weight is 441 g/mol. The predicted molar refractivity (Wildman–Crippen MR) is 127 cm³/mol. The van der Waals surface area contributed by atoms with E-state index in [1.165, 1.54) is 95.1 Å². The molecule has 1 aromatic carbocycles. The van der Waals surface area contributed by atoms with E-state index >= 15 is 0 Å². The summed E-state index contributed by atoms with van der Waals surface area (Å²) in [5.41, 5.74) is 2.53. The summed E-state index contributed by atoms with van der Waals surface area (Å²) in [6.07, 6.45) is 17.3. The molecule has 0 spiro atoms. The minimum Gasteiger partial charge on any atom is -0.492 e. The van der Waals surface area contributed by atoms with Crippen molar-refractivity contribution in [3.8, 4) is 5.75 Å². The van der Waals surface area contributed by atoms with Crippen molar-refractivity contribution >= 4 is 10.1 Å². The average Bonchev–Trinajstić information content (AvgIpc) is 2.70. The van der Waals surface area contributed by atoms with Crippen LogP contribution in [-0.2, 0) is 23.0 Å². The predicted octanol–water partition coefficient (Wildman–Crippen LogP) is 7.15. The highest BCUT2D eigenvalue weighted by Crippen LogP contribution is 2.22. The molecule has 0 saturated heterocycles. The fourth-order valence-corrected chi connectivity index (χ4v) is 3.86. The van der Waals surface area contributed by atoms with Gasteiger partial charge in [-0.1, -0.05) is 84.1 Å². The van der Waals surface area contributed by atoms with Gasteiger partial charge in [-0.2, -0.15) is 8.42 Å². The first-order valence-electron chi connectivity index (χ1n) is 12.1. The summed E-state index contributed by atoms with van der Waals surface area (Å²) in [5.74, 6) is 0.718. The molecule has 0 bridgehead atoms. The lowest BCUT2D eigenvalue weighted by atomic mass is 9.99. The van der Waals surface area contributed by atoms with Crippen LogP contribution in [0.5, 0.6) is 5.75 Å². The van der Waals surface area contributed by atoms with Crippen LogP contribution in [0.3, 0.4) is 0 Å². The van der Waals surface area contributed by atoms with Crippen LogP contribution < -0.4 is 4.74 Å². The molecule has 0 fully saturated rings. The van der Waals surface area contributed by atoms with Crippen LogP contribution >= 0.6 is 0 Å². The van der Waals surface area contributed by atoms with Gasteiger partial charge >= 0.3 is 0 Å². The molecule has 1 N–H and O–H groups in total. The molecular formula is C25H44O4S. The smallest absolute Gasteiger partial charge is 0.270 e. The van der Waals surface area contributed by atoms with Gasteiger partial charge in [0, 0.05) is 0 Å². The Balaban J connectivity index is 2.64. The minimum absolute atomic E-state index is 0.0320. The van der Waals surface area contributed by atoms with Crippen molar-refractivity contribution in [1.29, 1.82) is 0 Å². The third-order valence-electron chi connectivity index (χ3n) is 5.66. The van der Waals surface area contributed by atoms with E-state index in [2.05, 4.69) is 19.9 Å². The molecule has 0 aliphatic rings. The van der Waals surface area contributed by atoms with Gasteiger partial charge in [0.25, 0.3) is 10.1 Å². The number of aryl methyl sites for hydroxylation is 2. The molecule has 0 heterocycles. The van der Waals surface area contributed by atoms with Gasteiger partial charge in [0.1, 0.15) is 17.6 Å². The highest BCUT2D eigenvalue weighted by molar-refractivity contribution is 7.86. The molecule has 0 aliphatic carbocycles. The van der Waals surface area contributed by atoms with Crippen LogP contribution in [0, 0.1) is 0 Å². The van der Waals surface area contributed by atoms with Crippen molar-refractivity contribution in [2.75, 3.05) is 6.61 Å². The maximum Gasteiger partial charge on any atom is 0.270 e. The fraction of sp³-hybridized carbons (Fsp3) is 0.760. The summed E-state index contributed by atoms with van der Waals surface area (Å²) in [6, 6.07) is 6.36. The zero-order chi connectivity index (χ0) is 22.2. The van der Waals surface area contributed by atoms with Gasteiger partial charge in [0.15, 0.2) is 0 Å². The van der Waals surface area contributed by atoms with E-state index in [4.69, 9.17) is 4.74 Å². The standard InChI is InChI=1S/C25H44O4S/c1-4-6-8-10-12-14-16-23-18-24(17-15-13-11-9-7-5-2)20-25(19-23)29-21-22(3)30(26,27)28/h18-20,22H,4-17,21H2,1-3H3,(H,26,27,28). The van der Waals surface area contributed by atoms with E-state index in [0.717, 1.165) is 18.6 Å². The van der Waals surface area contributed by atoms with Crippen LogP contribution in [0.2, 0.25) is 0 Å². The Morgan fingerprint density at radius 1 is 0.767 bits per heavy atom. The maximum atomic E-state index is 11.3. The number of benzene rings is 1. The molecule has 1 unspecified atom stereocenters. The first-order valence-corrected chi connectivity index (χ1v) is 13.6. The fourth-order valence-electron chi connectivity index (χ4n) is 3.62. The molecule has 1 aromatic rings. The van der Waals surface area contributed by atoms with E-state index in [9.17, 15) is 13.0 Å². The first kappa shape index (κ1) is 27.0. The summed E-state index contributed by atoms with van der Waals surface area (Å²) >= 11 is 0.